The number of esters is 1. The van der Waals surface area contributed by atoms with E-state index in [9.17, 15) is 14.4 Å². The van der Waals surface area contributed by atoms with Crippen LogP contribution in [0, 0.1) is 6.92 Å². The number of hydrogen-bond acceptors (Lipinski definition) is 5. The van der Waals surface area contributed by atoms with E-state index >= 15 is 0 Å². The fraction of sp³-hybridized carbons (Fsp3) is 0.0952. The molecule has 0 aliphatic carbocycles. The predicted octanol–water partition coefficient (Wildman–Crippen LogP) is 5.00. The lowest BCUT2D eigenvalue weighted by atomic mass is 10.1. The highest BCUT2D eigenvalue weighted by atomic mass is 35.5. The molecule has 0 spiro atoms. The summed E-state index contributed by atoms with van der Waals surface area (Å²) in [4.78, 5) is 37.9. The van der Waals surface area contributed by atoms with Gasteiger partial charge in [0.05, 0.1) is 28.3 Å². The van der Waals surface area contributed by atoms with E-state index in [-0.39, 0.29) is 15.4 Å². The molecule has 8 heteroatoms. The van der Waals surface area contributed by atoms with Crippen LogP contribution in [0.2, 0.25) is 5.02 Å². The van der Waals surface area contributed by atoms with Crippen LogP contribution in [-0.2, 0) is 4.74 Å². The smallest absolute Gasteiger partial charge is 0.341 e. The molecule has 0 saturated heterocycles. The lowest BCUT2D eigenvalue weighted by Crippen LogP contribution is -2.14. The molecule has 29 heavy (non-hydrogen) atoms. The molecule has 0 bridgehead atoms. The summed E-state index contributed by atoms with van der Waals surface area (Å²) in [6, 6.07) is 15.4. The topological polar surface area (TPSA) is 84.5 Å². The number of para-hydroxylation sites is 1. The minimum absolute atomic E-state index is 0.145. The number of anilines is 2. The zero-order chi connectivity index (χ0) is 21.0. The number of carbonyl (C=O) groups excluding carboxylic acids is 3. The van der Waals surface area contributed by atoms with Crippen molar-refractivity contribution in [2.45, 2.75) is 6.92 Å². The van der Waals surface area contributed by atoms with Crippen LogP contribution in [0.3, 0.4) is 0 Å². The van der Waals surface area contributed by atoms with Gasteiger partial charge in [-0.15, -0.1) is 11.3 Å². The lowest BCUT2D eigenvalue weighted by molar-refractivity contribution is 0.0601. The van der Waals surface area contributed by atoms with Crippen LogP contribution < -0.4 is 10.6 Å². The van der Waals surface area contributed by atoms with E-state index in [4.69, 9.17) is 16.3 Å². The summed E-state index contributed by atoms with van der Waals surface area (Å²) in [5.74, 6) is -1.47. The van der Waals surface area contributed by atoms with Gasteiger partial charge in [-0.1, -0.05) is 41.9 Å². The zero-order valence-electron chi connectivity index (χ0n) is 15.6. The normalized spacial score (nSPS) is 10.3. The van der Waals surface area contributed by atoms with Crippen molar-refractivity contribution in [1.82, 2.24) is 0 Å². The fourth-order valence-electron chi connectivity index (χ4n) is 2.67. The van der Waals surface area contributed by atoms with Crippen LogP contribution in [0.1, 0.15) is 36.0 Å². The molecule has 0 unspecified atom stereocenters. The Kier molecular flexibility index (Phi) is 6.31. The van der Waals surface area contributed by atoms with Gasteiger partial charge >= 0.3 is 5.97 Å². The van der Waals surface area contributed by atoms with Gasteiger partial charge in [0, 0.05) is 5.56 Å². The highest BCUT2D eigenvalue weighted by Crippen LogP contribution is 2.35. The van der Waals surface area contributed by atoms with E-state index in [0.29, 0.717) is 21.8 Å². The van der Waals surface area contributed by atoms with E-state index in [2.05, 4.69) is 10.6 Å². The second kappa shape index (κ2) is 8.89. The van der Waals surface area contributed by atoms with Gasteiger partial charge in [-0.2, -0.15) is 0 Å². The number of carbonyl (C=O) groups is 3. The van der Waals surface area contributed by atoms with E-state index in [1.807, 2.05) is 0 Å². The summed E-state index contributed by atoms with van der Waals surface area (Å²) in [6.07, 6.45) is 0. The molecule has 0 fully saturated rings. The summed E-state index contributed by atoms with van der Waals surface area (Å²) in [7, 11) is 1.24. The number of hydrogen-bond donors (Lipinski definition) is 2. The summed E-state index contributed by atoms with van der Waals surface area (Å²) in [6.45, 7) is 1.63. The van der Waals surface area contributed by atoms with Crippen molar-refractivity contribution in [3.05, 3.63) is 81.2 Å². The van der Waals surface area contributed by atoms with Crippen molar-refractivity contribution < 1.29 is 19.1 Å². The zero-order valence-corrected chi connectivity index (χ0v) is 17.2. The molecule has 6 nitrogen and oxygen atoms in total. The molecule has 1 heterocycles. The van der Waals surface area contributed by atoms with Gasteiger partial charge in [-0.25, -0.2) is 4.79 Å². The number of halogens is 1. The third kappa shape index (κ3) is 4.47. The summed E-state index contributed by atoms with van der Waals surface area (Å²) in [5.41, 5.74) is 1.43. The van der Waals surface area contributed by atoms with Gasteiger partial charge in [-0.05, 0) is 36.8 Å². The van der Waals surface area contributed by atoms with Gasteiger partial charge < -0.3 is 15.4 Å². The third-order valence-corrected chi connectivity index (χ3v) is 5.66. The molecule has 0 aliphatic heterocycles. The van der Waals surface area contributed by atoms with Crippen LogP contribution in [0.4, 0.5) is 10.7 Å². The first-order chi connectivity index (χ1) is 13.9. The third-order valence-electron chi connectivity index (χ3n) is 4.13. The van der Waals surface area contributed by atoms with Crippen LogP contribution in [0.25, 0.3) is 0 Å². The fourth-order valence-corrected chi connectivity index (χ4v) is 3.94. The molecule has 148 valence electrons. The molecule has 1 aromatic heterocycles. The summed E-state index contributed by atoms with van der Waals surface area (Å²) < 4.78 is 4.84. The Hall–Kier alpha value is -3.16. The Bertz CT molecular complexity index is 1080. The van der Waals surface area contributed by atoms with Crippen LogP contribution in [0.5, 0.6) is 0 Å². The minimum Gasteiger partial charge on any atom is -0.465 e. The van der Waals surface area contributed by atoms with E-state index < -0.39 is 17.8 Å². The van der Waals surface area contributed by atoms with Crippen molar-refractivity contribution >= 4 is 51.4 Å². The Labute approximate surface area is 176 Å². The van der Waals surface area contributed by atoms with Crippen LogP contribution >= 0.6 is 22.9 Å². The summed E-state index contributed by atoms with van der Waals surface area (Å²) >= 11 is 7.10. The molecule has 3 aromatic rings. The van der Waals surface area contributed by atoms with Gasteiger partial charge in [0.1, 0.15) is 5.00 Å². The first kappa shape index (κ1) is 20.6. The number of benzene rings is 2. The minimum atomic E-state index is -0.640. The van der Waals surface area contributed by atoms with Gasteiger partial charge in [0.25, 0.3) is 11.8 Å². The SMILES string of the molecule is COC(=O)c1c(NC(=O)c2ccccc2)sc(C(=O)Nc2ccccc2Cl)c1C. The molecule has 0 radical (unpaired) electrons. The van der Waals surface area contributed by atoms with Crippen molar-refractivity contribution in [2.75, 3.05) is 17.7 Å². The number of rotatable bonds is 5. The molecule has 0 atom stereocenters. The first-order valence-corrected chi connectivity index (χ1v) is 9.75. The molecular formula is C21H17ClN2O4S. The van der Waals surface area contributed by atoms with Gasteiger partial charge in [0.2, 0.25) is 0 Å². The maximum absolute atomic E-state index is 12.8. The highest BCUT2D eigenvalue weighted by Gasteiger charge is 2.26. The van der Waals surface area contributed by atoms with Crippen molar-refractivity contribution in [3.8, 4) is 0 Å². The van der Waals surface area contributed by atoms with Crippen molar-refractivity contribution in [3.63, 3.8) is 0 Å². The first-order valence-electron chi connectivity index (χ1n) is 8.56. The Morgan fingerprint density at radius 2 is 1.59 bits per heavy atom. The maximum Gasteiger partial charge on any atom is 0.341 e. The Balaban J connectivity index is 1.95. The molecule has 0 aliphatic rings. The Morgan fingerprint density at radius 1 is 0.931 bits per heavy atom. The summed E-state index contributed by atoms with van der Waals surface area (Å²) in [5, 5.41) is 6.06. The average Bonchev–Trinajstić information content (AvgIpc) is 3.05. The largest absolute Gasteiger partial charge is 0.465 e. The number of nitrogens with one attached hydrogen (secondary N) is 2. The second-order valence-electron chi connectivity index (χ2n) is 6.01. The van der Waals surface area contributed by atoms with E-state index in [1.54, 1.807) is 61.5 Å². The standard InChI is InChI=1S/C21H17ClN2O4S/c1-12-16(21(27)28-2)20(24-18(25)13-8-4-3-5-9-13)29-17(12)19(26)23-15-11-7-6-10-14(15)22/h3-11H,1-2H3,(H,23,26)(H,24,25). The predicted molar refractivity (Wildman–Crippen MR) is 114 cm³/mol. The Morgan fingerprint density at radius 3 is 2.24 bits per heavy atom. The molecule has 3 rings (SSSR count). The maximum atomic E-state index is 12.8. The lowest BCUT2D eigenvalue weighted by Gasteiger charge is -2.06. The average molecular weight is 429 g/mol. The van der Waals surface area contributed by atoms with Crippen molar-refractivity contribution in [1.29, 1.82) is 0 Å². The van der Waals surface area contributed by atoms with E-state index in [1.165, 1.54) is 7.11 Å². The molecule has 0 saturated carbocycles. The van der Waals surface area contributed by atoms with Crippen LogP contribution in [0.15, 0.2) is 54.6 Å². The second-order valence-corrected chi connectivity index (χ2v) is 7.43. The number of amides is 2. The number of thiophene rings is 1. The molecule has 2 amide bonds. The number of methoxy groups -OCH3 is 1. The quantitative estimate of drug-likeness (QED) is 0.560. The molecule has 2 N–H and O–H groups in total. The van der Waals surface area contributed by atoms with Crippen LogP contribution in [-0.4, -0.2) is 24.9 Å². The van der Waals surface area contributed by atoms with Gasteiger partial charge in [0.15, 0.2) is 0 Å². The molecular weight excluding hydrogens is 412 g/mol. The monoisotopic (exact) mass is 428 g/mol. The number of ether oxygens (including phenoxy) is 1. The highest BCUT2D eigenvalue weighted by molar-refractivity contribution is 7.19. The van der Waals surface area contributed by atoms with Gasteiger partial charge in [-0.3, -0.25) is 9.59 Å². The van der Waals surface area contributed by atoms with E-state index in [0.717, 1.165) is 11.3 Å². The van der Waals surface area contributed by atoms with Crippen molar-refractivity contribution in [2.24, 2.45) is 0 Å². The molecule has 2 aromatic carbocycles.